The maximum absolute atomic E-state index is 12.6. The topological polar surface area (TPSA) is 71.5 Å². The zero-order valence-corrected chi connectivity index (χ0v) is 14.5. The fourth-order valence-corrected chi connectivity index (χ4v) is 4.28. The summed E-state index contributed by atoms with van der Waals surface area (Å²) in [6.45, 7) is 9.03. The van der Waals surface area contributed by atoms with Crippen LogP contribution >= 0.6 is 10.7 Å². The van der Waals surface area contributed by atoms with E-state index in [-0.39, 0.29) is 16.3 Å². The fraction of sp³-hybridized carbons (Fsp3) is 0.385. The molecule has 5 nitrogen and oxygen atoms in total. The van der Waals surface area contributed by atoms with Gasteiger partial charge in [-0.1, -0.05) is 6.08 Å². The Balaban J connectivity index is 3.33. The molecule has 0 aliphatic carbocycles. The van der Waals surface area contributed by atoms with Gasteiger partial charge in [0, 0.05) is 22.8 Å². The Morgan fingerprint density at radius 3 is 1.86 bits per heavy atom. The van der Waals surface area contributed by atoms with Crippen LogP contribution in [-0.2, 0) is 19.1 Å². The second-order valence-corrected chi connectivity index (χ2v) is 9.83. The van der Waals surface area contributed by atoms with Gasteiger partial charge in [0.2, 0.25) is 10.0 Å². The molecule has 0 aliphatic rings. The Kier molecular flexibility index (Phi) is 5.26. The molecule has 0 bridgehead atoms. The van der Waals surface area contributed by atoms with Crippen molar-refractivity contribution in [2.45, 2.75) is 36.1 Å². The van der Waals surface area contributed by atoms with Gasteiger partial charge in [-0.25, -0.2) is 16.8 Å². The van der Waals surface area contributed by atoms with Crippen LogP contribution in [0, 0.1) is 0 Å². The van der Waals surface area contributed by atoms with Crippen molar-refractivity contribution in [1.29, 1.82) is 0 Å². The molecule has 0 fully saturated rings. The van der Waals surface area contributed by atoms with E-state index >= 15 is 0 Å². The molecule has 0 unspecified atom stereocenters. The van der Waals surface area contributed by atoms with Crippen LogP contribution in [0.25, 0.3) is 0 Å². The van der Waals surface area contributed by atoms with E-state index in [9.17, 15) is 16.8 Å². The minimum atomic E-state index is -3.88. The molecule has 1 rings (SSSR count). The van der Waals surface area contributed by atoms with Crippen LogP contribution in [0.2, 0.25) is 0 Å². The number of rotatable bonds is 5. The molecule has 0 N–H and O–H groups in total. The average Bonchev–Trinajstić information content (AvgIpc) is 2.33. The third-order valence-corrected chi connectivity index (χ3v) is 6.25. The largest absolute Gasteiger partial charge is 0.261 e. The molecule has 0 aliphatic heterocycles. The third kappa shape index (κ3) is 4.29. The lowest BCUT2D eigenvalue weighted by Gasteiger charge is -2.33. The monoisotopic (exact) mass is 351 g/mol. The SMILES string of the molecule is C=CCN(C(C)(C)C)S(=O)(=O)c1ccc(S(=O)(=O)Cl)cc1. The van der Waals surface area contributed by atoms with Crippen LogP contribution < -0.4 is 0 Å². The maximum atomic E-state index is 12.6. The van der Waals surface area contributed by atoms with Gasteiger partial charge in [0.25, 0.3) is 9.05 Å². The van der Waals surface area contributed by atoms with E-state index in [2.05, 4.69) is 6.58 Å². The first-order valence-electron chi connectivity index (χ1n) is 6.09. The Hall–Kier alpha value is -0.890. The number of nitrogens with zero attached hydrogens (tertiary/aromatic N) is 1. The van der Waals surface area contributed by atoms with Crippen LogP contribution in [-0.4, -0.2) is 33.2 Å². The summed E-state index contributed by atoms with van der Waals surface area (Å²) in [6.07, 6.45) is 1.50. The van der Waals surface area contributed by atoms with E-state index in [0.717, 1.165) is 0 Å². The molecular formula is C13H18ClNO4S2. The molecule has 0 saturated heterocycles. The Labute approximate surface area is 130 Å². The van der Waals surface area contributed by atoms with Gasteiger partial charge in [-0.05, 0) is 45.0 Å². The summed E-state index contributed by atoms with van der Waals surface area (Å²) in [5, 5.41) is 0. The van der Waals surface area contributed by atoms with Gasteiger partial charge in [-0.2, -0.15) is 4.31 Å². The minimum Gasteiger partial charge on any atom is -0.207 e. The second kappa shape index (κ2) is 6.08. The quantitative estimate of drug-likeness (QED) is 0.603. The highest BCUT2D eigenvalue weighted by Gasteiger charge is 2.33. The predicted octanol–water partition coefficient (Wildman–Crippen LogP) is 2.59. The second-order valence-electron chi connectivity index (χ2n) is 5.40. The molecule has 0 heterocycles. The van der Waals surface area contributed by atoms with Crippen LogP contribution in [0.5, 0.6) is 0 Å². The molecule has 0 amide bonds. The van der Waals surface area contributed by atoms with Gasteiger partial charge in [0.15, 0.2) is 0 Å². The van der Waals surface area contributed by atoms with Gasteiger partial charge in [0.1, 0.15) is 0 Å². The molecule has 0 radical (unpaired) electrons. The highest BCUT2D eigenvalue weighted by molar-refractivity contribution is 8.13. The summed E-state index contributed by atoms with van der Waals surface area (Å²) in [5.74, 6) is 0. The first-order valence-corrected chi connectivity index (χ1v) is 9.84. The molecular weight excluding hydrogens is 334 g/mol. The van der Waals surface area contributed by atoms with E-state index in [1.807, 2.05) is 0 Å². The van der Waals surface area contributed by atoms with E-state index in [1.54, 1.807) is 20.8 Å². The number of benzene rings is 1. The third-order valence-electron chi connectivity index (χ3n) is 2.74. The van der Waals surface area contributed by atoms with Crippen LogP contribution in [0.15, 0.2) is 46.7 Å². The maximum Gasteiger partial charge on any atom is 0.261 e. The summed E-state index contributed by atoms with van der Waals surface area (Å²) >= 11 is 0. The zero-order valence-electron chi connectivity index (χ0n) is 12.1. The van der Waals surface area contributed by atoms with Crippen molar-refractivity contribution >= 4 is 29.8 Å². The molecule has 0 atom stereocenters. The van der Waals surface area contributed by atoms with Gasteiger partial charge >= 0.3 is 0 Å². The van der Waals surface area contributed by atoms with Gasteiger partial charge in [-0.15, -0.1) is 6.58 Å². The Morgan fingerprint density at radius 2 is 1.52 bits per heavy atom. The van der Waals surface area contributed by atoms with Crippen molar-refractivity contribution in [2.75, 3.05) is 6.54 Å². The van der Waals surface area contributed by atoms with Crippen molar-refractivity contribution in [3.8, 4) is 0 Å². The van der Waals surface area contributed by atoms with E-state index in [4.69, 9.17) is 10.7 Å². The lowest BCUT2D eigenvalue weighted by Crippen LogP contribution is -2.45. The average molecular weight is 352 g/mol. The number of hydrogen-bond acceptors (Lipinski definition) is 4. The highest BCUT2D eigenvalue weighted by atomic mass is 35.7. The van der Waals surface area contributed by atoms with Gasteiger partial charge in [-0.3, -0.25) is 0 Å². The van der Waals surface area contributed by atoms with E-state index in [1.165, 1.54) is 34.6 Å². The lowest BCUT2D eigenvalue weighted by molar-refractivity contribution is 0.270. The normalized spacial score (nSPS) is 13.4. The standard InChI is InChI=1S/C13H18ClNO4S2/c1-5-10-15(13(2,3)4)21(18,19)12-8-6-11(7-9-12)20(14,16)17/h5-9H,1,10H2,2-4H3. The number of halogens is 1. The van der Waals surface area contributed by atoms with E-state index < -0.39 is 24.6 Å². The van der Waals surface area contributed by atoms with Crippen LogP contribution in [0.3, 0.4) is 0 Å². The smallest absolute Gasteiger partial charge is 0.207 e. The summed E-state index contributed by atoms with van der Waals surface area (Å²) < 4.78 is 48.9. The molecule has 0 aromatic heterocycles. The van der Waals surface area contributed by atoms with Crippen molar-refractivity contribution in [2.24, 2.45) is 0 Å². The Morgan fingerprint density at radius 1 is 1.10 bits per heavy atom. The fourth-order valence-electron chi connectivity index (χ4n) is 1.75. The van der Waals surface area contributed by atoms with Crippen LogP contribution in [0.4, 0.5) is 0 Å². The Bertz CT molecular complexity index is 716. The number of sulfonamides is 1. The molecule has 8 heteroatoms. The predicted molar refractivity (Wildman–Crippen MR) is 83.3 cm³/mol. The number of hydrogen-bond donors (Lipinski definition) is 0. The summed E-state index contributed by atoms with van der Waals surface area (Å²) in [6, 6.07) is 4.80. The lowest BCUT2D eigenvalue weighted by atomic mass is 10.1. The van der Waals surface area contributed by atoms with Crippen molar-refractivity contribution in [3.05, 3.63) is 36.9 Å². The highest BCUT2D eigenvalue weighted by Crippen LogP contribution is 2.25. The van der Waals surface area contributed by atoms with E-state index in [0.29, 0.717) is 0 Å². The van der Waals surface area contributed by atoms with Crippen LogP contribution in [0.1, 0.15) is 20.8 Å². The molecule has 1 aromatic carbocycles. The molecule has 0 saturated carbocycles. The molecule has 118 valence electrons. The van der Waals surface area contributed by atoms with Crippen molar-refractivity contribution in [3.63, 3.8) is 0 Å². The molecule has 21 heavy (non-hydrogen) atoms. The summed E-state index contributed by atoms with van der Waals surface area (Å²) in [4.78, 5) is -0.141. The summed E-state index contributed by atoms with van der Waals surface area (Å²) in [5.41, 5.74) is -0.635. The molecule has 1 aromatic rings. The first-order chi connectivity index (χ1) is 9.40. The minimum absolute atomic E-state index is 0.00309. The van der Waals surface area contributed by atoms with Crippen molar-refractivity contribution in [1.82, 2.24) is 4.31 Å². The van der Waals surface area contributed by atoms with Gasteiger partial charge < -0.3 is 0 Å². The zero-order chi connectivity index (χ0) is 16.5. The van der Waals surface area contributed by atoms with Crippen molar-refractivity contribution < 1.29 is 16.8 Å². The first kappa shape index (κ1) is 18.2. The summed E-state index contributed by atoms with van der Waals surface area (Å²) in [7, 11) is -2.43. The molecule has 0 spiro atoms. The van der Waals surface area contributed by atoms with Gasteiger partial charge in [0.05, 0.1) is 9.79 Å².